The van der Waals surface area contributed by atoms with Crippen LogP contribution < -0.4 is 5.73 Å². The number of nitrogens with two attached hydrogens (primary N) is 1. The summed E-state index contributed by atoms with van der Waals surface area (Å²) in [5.41, 5.74) is 8.48. The normalized spacial score (nSPS) is 10.6. The number of rotatable bonds is 2. The summed E-state index contributed by atoms with van der Waals surface area (Å²) < 4.78 is 1.81. The quantitative estimate of drug-likeness (QED) is 0.699. The molecule has 0 spiro atoms. The highest BCUT2D eigenvalue weighted by atomic mass is 15.3. The third kappa shape index (κ3) is 1.67. The zero-order valence-corrected chi connectivity index (χ0v) is 9.04. The largest absolute Gasteiger partial charge is 0.369 e. The third-order valence-corrected chi connectivity index (χ3v) is 2.54. The first-order valence-electron chi connectivity index (χ1n) is 5.24. The molecule has 3 rings (SSSR count). The minimum Gasteiger partial charge on any atom is -0.369 e. The molecule has 1 aromatic carbocycles. The van der Waals surface area contributed by atoms with Gasteiger partial charge in [-0.3, -0.25) is 0 Å². The van der Waals surface area contributed by atoms with Crippen LogP contribution in [0.5, 0.6) is 0 Å². The van der Waals surface area contributed by atoms with Gasteiger partial charge < -0.3 is 10.7 Å². The smallest absolute Gasteiger partial charge is 0.197 e. The molecule has 0 saturated carbocycles. The predicted molar refractivity (Wildman–Crippen MR) is 65.6 cm³/mol. The van der Waals surface area contributed by atoms with Crippen LogP contribution in [-0.2, 0) is 0 Å². The number of anilines is 1. The van der Waals surface area contributed by atoms with Gasteiger partial charge in [0, 0.05) is 18.0 Å². The fourth-order valence-corrected chi connectivity index (χ4v) is 1.79. The van der Waals surface area contributed by atoms with Crippen LogP contribution in [0.15, 0.2) is 48.9 Å². The first kappa shape index (κ1) is 9.65. The van der Waals surface area contributed by atoms with Crippen LogP contribution in [0.4, 0.5) is 5.95 Å². The van der Waals surface area contributed by atoms with E-state index in [-0.39, 0.29) is 0 Å². The number of hydrogen-bond donors (Lipinski definition) is 2. The number of aromatic amines is 1. The Labute approximate surface area is 97.9 Å². The van der Waals surface area contributed by atoms with E-state index >= 15 is 0 Å². The first-order chi connectivity index (χ1) is 8.34. The first-order valence-corrected chi connectivity index (χ1v) is 5.24. The Kier molecular flexibility index (Phi) is 2.15. The second kappa shape index (κ2) is 3.79. The SMILES string of the molecule is Nc1ncc(-c2ccccc2-n2cccn2)[nH]1. The number of H-pyrrole nitrogens is 1. The second-order valence-electron chi connectivity index (χ2n) is 3.65. The van der Waals surface area contributed by atoms with Gasteiger partial charge in [0.1, 0.15) is 0 Å². The van der Waals surface area contributed by atoms with E-state index in [9.17, 15) is 0 Å². The molecular formula is C12H11N5. The Bertz CT molecular complexity index is 624. The number of imidazole rings is 1. The van der Waals surface area contributed by atoms with Gasteiger partial charge in [0.15, 0.2) is 5.95 Å². The van der Waals surface area contributed by atoms with Gasteiger partial charge in [0.05, 0.1) is 17.6 Å². The van der Waals surface area contributed by atoms with E-state index < -0.39 is 0 Å². The molecule has 0 fully saturated rings. The number of nitrogens with zero attached hydrogens (tertiary/aromatic N) is 3. The van der Waals surface area contributed by atoms with Crippen molar-refractivity contribution in [2.75, 3.05) is 5.73 Å². The monoisotopic (exact) mass is 225 g/mol. The Morgan fingerprint density at radius 1 is 1.18 bits per heavy atom. The molecule has 0 aliphatic rings. The predicted octanol–water partition coefficient (Wildman–Crippen LogP) is 1.84. The van der Waals surface area contributed by atoms with E-state index in [1.165, 1.54) is 0 Å². The summed E-state index contributed by atoms with van der Waals surface area (Å²) in [5, 5.41) is 4.23. The van der Waals surface area contributed by atoms with Crippen molar-refractivity contribution in [2.24, 2.45) is 0 Å². The van der Waals surface area contributed by atoms with Crippen LogP contribution in [0.3, 0.4) is 0 Å². The fraction of sp³-hybridized carbons (Fsp3) is 0. The van der Waals surface area contributed by atoms with Gasteiger partial charge in [-0.15, -0.1) is 0 Å². The van der Waals surface area contributed by atoms with Crippen molar-refractivity contribution in [3.8, 4) is 16.9 Å². The summed E-state index contributed by atoms with van der Waals surface area (Å²) >= 11 is 0. The topological polar surface area (TPSA) is 72.5 Å². The molecule has 0 aliphatic heterocycles. The van der Waals surface area contributed by atoms with E-state index in [4.69, 9.17) is 5.73 Å². The zero-order valence-electron chi connectivity index (χ0n) is 9.04. The molecule has 3 N–H and O–H groups in total. The highest BCUT2D eigenvalue weighted by Crippen LogP contribution is 2.24. The molecule has 84 valence electrons. The average molecular weight is 225 g/mol. The molecule has 5 nitrogen and oxygen atoms in total. The maximum absolute atomic E-state index is 5.60. The van der Waals surface area contributed by atoms with Crippen molar-refractivity contribution in [1.29, 1.82) is 0 Å². The lowest BCUT2D eigenvalue weighted by molar-refractivity contribution is 0.881. The van der Waals surface area contributed by atoms with Crippen LogP contribution in [-0.4, -0.2) is 19.7 Å². The van der Waals surface area contributed by atoms with Crippen molar-refractivity contribution in [3.05, 3.63) is 48.9 Å². The Balaban J connectivity index is 2.17. The molecule has 0 atom stereocenters. The number of para-hydroxylation sites is 1. The molecule has 2 aromatic heterocycles. The molecule has 0 amide bonds. The Morgan fingerprint density at radius 3 is 2.76 bits per heavy atom. The van der Waals surface area contributed by atoms with Crippen molar-refractivity contribution in [1.82, 2.24) is 19.7 Å². The van der Waals surface area contributed by atoms with Gasteiger partial charge in [-0.25, -0.2) is 9.67 Å². The number of hydrogen-bond acceptors (Lipinski definition) is 3. The lowest BCUT2D eigenvalue weighted by Crippen LogP contribution is -1.97. The van der Waals surface area contributed by atoms with E-state index in [2.05, 4.69) is 15.1 Å². The van der Waals surface area contributed by atoms with Crippen molar-refractivity contribution >= 4 is 5.95 Å². The van der Waals surface area contributed by atoms with Crippen LogP contribution >= 0.6 is 0 Å². The van der Waals surface area contributed by atoms with Gasteiger partial charge in [-0.1, -0.05) is 18.2 Å². The third-order valence-electron chi connectivity index (χ3n) is 2.54. The van der Waals surface area contributed by atoms with Crippen molar-refractivity contribution in [2.45, 2.75) is 0 Å². The molecule has 2 heterocycles. The van der Waals surface area contributed by atoms with Gasteiger partial charge in [0.25, 0.3) is 0 Å². The number of nitrogen functional groups attached to an aromatic ring is 1. The second-order valence-corrected chi connectivity index (χ2v) is 3.65. The van der Waals surface area contributed by atoms with Gasteiger partial charge in [0.2, 0.25) is 0 Å². The van der Waals surface area contributed by atoms with E-state index in [1.807, 2.05) is 41.2 Å². The Hall–Kier alpha value is -2.56. The molecular weight excluding hydrogens is 214 g/mol. The highest BCUT2D eigenvalue weighted by molar-refractivity contribution is 5.70. The standard InChI is InChI=1S/C12H11N5/c13-12-14-8-10(16-12)9-4-1-2-5-11(9)17-7-3-6-15-17/h1-8H,(H3,13,14,16). The van der Waals surface area contributed by atoms with Crippen molar-refractivity contribution < 1.29 is 0 Å². The summed E-state index contributed by atoms with van der Waals surface area (Å²) in [5.74, 6) is 0.412. The molecule has 3 aromatic rings. The summed E-state index contributed by atoms with van der Waals surface area (Å²) in [6, 6.07) is 9.83. The number of benzene rings is 1. The van der Waals surface area contributed by atoms with Gasteiger partial charge in [-0.2, -0.15) is 5.10 Å². The van der Waals surface area contributed by atoms with Crippen LogP contribution in [0.1, 0.15) is 0 Å². The minimum absolute atomic E-state index is 0.412. The number of aromatic nitrogens is 4. The molecule has 0 unspecified atom stereocenters. The summed E-state index contributed by atoms with van der Waals surface area (Å²) in [6.07, 6.45) is 5.37. The van der Waals surface area contributed by atoms with E-state index in [0.717, 1.165) is 16.9 Å². The molecule has 0 radical (unpaired) electrons. The van der Waals surface area contributed by atoms with Gasteiger partial charge >= 0.3 is 0 Å². The highest BCUT2D eigenvalue weighted by Gasteiger charge is 2.08. The zero-order chi connectivity index (χ0) is 11.7. The maximum atomic E-state index is 5.60. The summed E-state index contributed by atoms with van der Waals surface area (Å²) in [7, 11) is 0. The molecule has 0 bridgehead atoms. The maximum Gasteiger partial charge on any atom is 0.197 e. The lowest BCUT2D eigenvalue weighted by atomic mass is 10.1. The van der Waals surface area contributed by atoms with E-state index in [1.54, 1.807) is 12.4 Å². The summed E-state index contributed by atoms with van der Waals surface area (Å²) in [6.45, 7) is 0. The lowest BCUT2D eigenvalue weighted by Gasteiger charge is -2.07. The molecule has 17 heavy (non-hydrogen) atoms. The summed E-state index contributed by atoms with van der Waals surface area (Å²) in [4.78, 5) is 7.03. The molecule has 5 heteroatoms. The van der Waals surface area contributed by atoms with Crippen LogP contribution in [0.2, 0.25) is 0 Å². The van der Waals surface area contributed by atoms with Crippen LogP contribution in [0.25, 0.3) is 16.9 Å². The number of nitrogens with one attached hydrogen (secondary N) is 1. The minimum atomic E-state index is 0.412. The van der Waals surface area contributed by atoms with Gasteiger partial charge in [-0.05, 0) is 12.1 Å². The van der Waals surface area contributed by atoms with Crippen molar-refractivity contribution in [3.63, 3.8) is 0 Å². The van der Waals surface area contributed by atoms with E-state index in [0.29, 0.717) is 5.95 Å². The Morgan fingerprint density at radius 2 is 2.06 bits per heavy atom. The molecule has 0 aliphatic carbocycles. The fourth-order valence-electron chi connectivity index (χ4n) is 1.79. The average Bonchev–Trinajstić information content (AvgIpc) is 3.00. The molecule has 0 saturated heterocycles. The van der Waals surface area contributed by atoms with Crippen LogP contribution in [0, 0.1) is 0 Å².